The second-order valence-corrected chi connectivity index (χ2v) is 7.96. The molecule has 3 rings (SSSR count). The quantitative estimate of drug-likeness (QED) is 0.834. The summed E-state index contributed by atoms with van der Waals surface area (Å²) < 4.78 is 12.2. The molecular formula is C16H29NO2. The van der Waals surface area contributed by atoms with E-state index in [0.717, 1.165) is 19.4 Å². The van der Waals surface area contributed by atoms with Gasteiger partial charge in [-0.15, -0.1) is 0 Å². The molecule has 3 nitrogen and oxygen atoms in total. The van der Waals surface area contributed by atoms with Crippen LogP contribution >= 0.6 is 0 Å². The third-order valence-corrected chi connectivity index (χ3v) is 5.27. The predicted octanol–water partition coefficient (Wildman–Crippen LogP) is 3.02. The van der Waals surface area contributed by atoms with E-state index in [1.165, 1.54) is 25.7 Å². The number of hydrogen-bond donors (Lipinski definition) is 1. The van der Waals surface area contributed by atoms with Crippen LogP contribution in [0.15, 0.2) is 0 Å². The van der Waals surface area contributed by atoms with Crippen molar-refractivity contribution in [3.05, 3.63) is 0 Å². The molecule has 3 aliphatic rings. The Morgan fingerprint density at radius 2 is 1.79 bits per heavy atom. The van der Waals surface area contributed by atoms with Gasteiger partial charge >= 0.3 is 0 Å². The summed E-state index contributed by atoms with van der Waals surface area (Å²) in [5.74, 6) is 0. The van der Waals surface area contributed by atoms with E-state index in [2.05, 4.69) is 33.0 Å². The highest BCUT2D eigenvalue weighted by molar-refractivity contribution is 5.02. The Balaban J connectivity index is 1.62. The molecule has 1 N–H and O–H groups in total. The van der Waals surface area contributed by atoms with Crippen molar-refractivity contribution in [2.24, 2.45) is 0 Å². The van der Waals surface area contributed by atoms with Gasteiger partial charge in [0.05, 0.1) is 16.8 Å². The zero-order valence-corrected chi connectivity index (χ0v) is 12.9. The fraction of sp³-hybridized carbons (Fsp3) is 1.00. The molecule has 1 aliphatic carbocycles. The smallest absolute Gasteiger partial charge is 0.0787 e. The maximum absolute atomic E-state index is 6.19. The lowest BCUT2D eigenvalue weighted by atomic mass is 9.73. The molecule has 0 bridgehead atoms. The minimum Gasteiger partial charge on any atom is -0.375 e. The zero-order chi connectivity index (χ0) is 13.7. The van der Waals surface area contributed by atoms with Crippen molar-refractivity contribution in [3.8, 4) is 0 Å². The number of nitrogens with one attached hydrogen (secondary N) is 1. The average molecular weight is 267 g/mol. The Labute approximate surface area is 117 Å². The van der Waals surface area contributed by atoms with Crippen molar-refractivity contribution >= 4 is 0 Å². The fourth-order valence-electron chi connectivity index (χ4n) is 4.20. The highest BCUT2D eigenvalue weighted by Gasteiger charge is 2.48. The van der Waals surface area contributed by atoms with Crippen LogP contribution in [-0.2, 0) is 9.47 Å². The summed E-state index contributed by atoms with van der Waals surface area (Å²) in [7, 11) is 0. The molecule has 2 saturated heterocycles. The van der Waals surface area contributed by atoms with Gasteiger partial charge in [0.15, 0.2) is 0 Å². The lowest BCUT2D eigenvalue weighted by Gasteiger charge is -2.48. The second-order valence-electron chi connectivity index (χ2n) is 7.96. The topological polar surface area (TPSA) is 30.5 Å². The Bertz CT molecular complexity index is 347. The SMILES string of the molecule is CC1(C)CC(NC2CCOC3(CCC3)C2)C(C)(C)O1. The van der Waals surface area contributed by atoms with Gasteiger partial charge in [-0.05, 0) is 66.2 Å². The van der Waals surface area contributed by atoms with Crippen LogP contribution in [0.1, 0.15) is 66.2 Å². The zero-order valence-electron chi connectivity index (χ0n) is 12.9. The normalized spacial score (nSPS) is 39.2. The molecule has 19 heavy (non-hydrogen) atoms. The van der Waals surface area contributed by atoms with Gasteiger partial charge in [-0.2, -0.15) is 0 Å². The van der Waals surface area contributed by atoms with E-state index in [9.17, 15) is 0 Å². The molecule has 0 radical (unpaired) electrons. The fourth-order valence-corrected chi connectivity index (χ4v) is 4.20. The van der Waals surface area contributed by atoms with E-state index < -0.39 is 0 Å². The first-order valence-corrected chi connectivity index (χ1v) is 7.91. The maximum atomic E-state index is 6.19. The van der Waals surface area contributed by atoms with Crippen LogP contribution in [-0.4, -0.2) is 35.5 Å². The highest BCUT2D eigenvalue weighted by Crippen LogP contribution is 2.43. The largest absolute Gasteiger partial charge is 0.375 e. The molecule has 1 saturated carbocycles. The van der Waals surface area contributed by atoms with Gasteiger partial charge in [-0.3, -0.25) is 0 Å². The minimum atomic E-state index is -0.0609. The van der Waals surface area contributed by atoms with E-state index in [0.29, 0.717) is 12.1 Å². The molecule has 0 aromatic carbocycles. The summed E-state index contributed by atoms with van der Waals surface area (Å²) in [6.45, 7) is 9.77. The van der Waals surface area contributed by atoms with Crippen LogP contribution in [0.4, 0.5) is 0 Å². The number of hydrogen-bond acceptors (Lipinski definition) is 3. The van der Waals surface area contributed by atoms with Crippen molar-refractivity contribution in [2.75, 3.05) is 6.61 Å². The standard InChI is InChI=1S/C16H29NO2/c1-14(2)11-13(15(3,4)19-14)17-12-6-9-18-16(10-12)7-5-8-16/h12-13,17H,5-11H2,1-4H3. The molecule has 2 aliphatic heterocycles. The molecule has 0 aromatic heterocycles. The van der Waals surface area contributed by atoms with Crippen molar-refractivity contribution in [2.45, 2.75) is 95.1 Å². The van der Waals surface area contributed by atoms with Crippen LogP contribution < -0.4 is 5.32 Å². The molecule has 2 unspecified atom stereocenters. The third kappa shape index (κ3) is 2.70. The van der Waals surface area contributed by atoms with E-state index in [-0.39, 0.29) is 16.8 Å². The Morgan fingerprint density at radius 1 is 1.05 bits per heavy atom. The van der Waals surface area contributed by atoms with E-state index in [1.807, 2.05) is 0 Å². The van der Waals surface area contributed by atoms with E-state index >= 15 is 0 Å². The van der Waals surface area contributed by atoms with Gasteiger partial charge in [0, 0.05) is 18.7 Å². The highest BCUT2D eigenvalue weighted by atomic mass is 16.5. The summed E-state index contributed by atoms with van der Waals surface area (Å²) in [4.78, 5) is 0. The number of ether oxygens (including phenoxy) is 2. The first kappa shape index (κ1) is 13.8. The summed E-state index contributed by atoms with van der Waals surface area (Å²) >= 11 is 0. The maximum Gasteiger partial charge on any atom is 0.0787 e. The average Bonchev–Trinajstić information content (AvgIpc) is 2.45. The molecule has 1 spiro atoms. The van der Waals surface area contributed by atoms with Gasteiger partial charge in [-0.1, -0.05) is 0 Å². The van der Waals surface area contributed by atoms with Gasteiger partial charge < -0.3 is 14.8 Å². The van der Waals surface area contributed by atoms with Crippen molar-refractivity contribution in [1.29, 1.82) is 0 Å². The lowest BCUT2D eigenvalue weighted by molar-refractivity contribution is -0.138. The molecule has 0 aromatic rings. The van der Waals surface area contributed by atoms with Crippen molar-refractivity contribution < 1.29 is 9.47 Å². The molecule has 2 atom stereocenters. The second kappa shape index (κ2) is 4.44. The minimum absolute atomic E-state index is 0.000486. The first-order valence-electron chi connectivity index (χ1n) is 7.91. The van der Waals surface area contributed by atoms with Crippen LogP contribution in [0.25, 0.3) is 0 Å². The van der Waals surface area contributed by atoms with Crippen LogP contribution in [0.5, 0.6) is 0 Å². The monoisotopic (exact) mass is 267 g/mol. The molecule has 2 heterocycles. The summed E-state index contributed by atoms with van der Waals surface area (Å²) in [5, 5.41) is 3.88. The molecular weight excluding hydrogens is 238 g/mol. The van der Waals surface area contributed by atoms with Crippen LogP contribution in [0, 0.1) is 0 Å². The molecule has 3 heteroatoms. The summed E-state index contributed by atoms with van der Waals surface area (Å²) in [6.07, 6.45) is 7.32. The Hall–Kier alpha value is -0.120. The predicted molar refractivity (Wildman–Crippen MR) is 76.3 cm³/mol. The summed E-state index contributed by atoms with van der Waals surface area (Å²) in [5.41, 5.74) is 0.171. The first-order chi connectivity index (χ1) is 8.80. The van der Waals surface area contributed by atoms with Crippen LogP contribution in [0.3, 0.4) is 0 Å². The van der Waals surface area contributed by atoms with Gasteiger partial charge in [0.1, 0.15) is 0 Å². The van der Waals surface area contributed by atoms with Crippen LogP contribution in [0.2, 0.25) is 0 Å². The molecule has 0 amide bonds. The lowest BCUT2D eigenvalue weighted by Crippen LogP contribution is -2.55. The van der Waals surface area contributed by atoms with Gasteiger partial charge in [-0.25, -0.2) is 0 Å². The molecule has 110 valence electrons. The van der Waals surface area contributed by atoms with E-state index in [4.69, 9.17) is 9.47 Å². The Morgan fingerprint density at radius 3 is 2.32 bits per heavy atom. The number of rotatable bonds is 2. The van der Waals surface area contributed by atoms with E-state index in [1.54, 1.807) is 0 Å². The molecule has 3 fully saturated rings. The van der Waals surface area contributed by atoms with Gasteiger partial charge in [0.2, 0.25) is 0 Å². The van der Waals surface area contributed by atoms with Crippen molar-refractivity contribution in [1.82, 2.24) is 5.32 Å². The van der Waals surface area contributed by atoms with Crippen molar-refractivity contribution in [3.63, 3.8) is 0 Å². The Kier molecular flexibility index (Phi) is 3.23. The summed E-state index contributed by atoms with van der Waals surface area (Å²) in [6, 6.07) is 1.07. The van der Waals surface area contributed by atoms with Gasteiger partial charge in [0.25, 0.3) is 0 Å². The third-order valence-electron chi connectivity index (χ3n) is 5.27.